The summed E-state index contributed by atoms with van der Waals surface area (Å²) in [6.45, 7) is -0.0903. The van der Waals surface area contributed by atoms with E-state index in [0.29, 0.717) is 11.4 Å². The monoisotopic (exact) mass is 163 g/mol. The van der Waals surface area contributed by atoms with Gasteiger partial charge in [0.15, 0.2) is 0 Å². The van der Waals surface area contributed by atoms with Gasteiger partial charge in [0.25, 0.3) is 0 Å². The third-order valence-electron chi connectivity index (χ3n) is 1.85. The molecule has 0 saturated carbocycles. The summed E-state index contributed by atoms with van der Waals surface area (Å²) in [6, 6.07) is 5.47. The minimum absolute atomic E-state index is 0.0903. The Labute approximate surface area is 69.4 Å². The zero-order valence-corrected chi connectivity index (χ0v) is 6.45. The molecule has 12 heavy (non-hydrogen) atoms. The molecule has 0 radical (unpaired) electrons. The first-order valence-corrected chi connectivity index (χ1v) is 3.67. The summed E-state index contributed by atoms with van der Waals surface area (Å²) in [6.07, 6.45) is 1.61. The largest absolute Gasteiger partial charge is 0.466 e. The second-order valence-electron chi connectivity index (χ2n) is 2.66. The number of hydrogen-bond acceptors (Lipinski definition) is 3. The van der Waals surface area contributed by atoms with Crippen LogP contribution in [0.4, 0.5) is 5.69 Å². The lowest BCUT2D eigenvalue weighted by Crippen LogP contribution is -1.84. The molecule has 2 rings (SSSR count). The quantitative estimate of drug-likeness (QED) is 0.626. The van der Waals surface area contributed by atoms with Crippen molar-refractivity contribution in [3.63, 3.8) is 0 Å². The highest BCUT2D eigenvalue weighted by molar-refractivity contribution is 5.86. The van der Waals surface area contributed by atoms with Crippen molar-refractivity contribution in [3.8, 4) is 0 Å². The number of aliphatic hydroxyl groups excluding tert-OH is 1. The molecule has 0 spiro atoms. The molecule has 3 heteroatoms. The van der Waals surface area contributed by atoms with Gasteiger partial charge in [-0.05, 0) is 18.2 Å². The van der Waals surface area contributed by atoms with Crippen LogP contribution >= 0.6 is 0 Å². The number of fused-ring (bicyclic) bond motifs is 1. The first-order valence-electron chi connectivity index (χ1n) is 3.67. The highest BCUT2D eigenvalue weighted by atomic mass is 16.4. The summed E-state index contributed by atoms with van der Waals surface area (Å²) in [5, 5.41) is 10.7. The number of nitrogen functional groups attached to an aromatic ring is 1. The molecule has 0 amide bonds. The fourth-order valence-corrected chi connectivity index (χ4v) is 1.24. The van der Waals surface area contributed by atoms with Crippen molar-refractivity contribution in [2.45, 2.75) is 6.61 Å². The summed E-state index contributed by atoms with van der Waals surface area (Å²) >= 11 is 0. The van der Waals surface area contributed by atoms with E-state index in [0.717, 1.165) is 10.8 Å². The van der Waals surface area contributed by atoms with Crippen LogP contribution in [0, 0.1) is 0 Å². The predicted molar refractivity (Wildman–Crippen MR) is 46.5 cm³/mol. The SMILES string of the molecule is Nc1ccc2coc(CO)c2c1. The van der Waals surface area contributed by atoms with Crippen LogP contribution in [0.15, 0.2) is 28.9 Å². The van der Waals surface area contributed by atoms with Crippen LogP contribution in [-0.4, -0.2) is 5.11 Å². The van der Waals surface area contributed by atoms with Crippen LogP contribution in [0.3, 0.4) is 0 Å². The molecule has 1 heterocycles. The van der Waals surface area contributed by atoms with E-state index in [4.69, 9.17) is 15.3 Å². The Morgan fingerprint density at radius 1 is 1.42 bits per heavy atom. The molecule has 0 aliphatic rings. The van der Waals surface area contributed by atoms with E-state index >= 15 is 0 Å². The Kier molecular flexibility index (Phi) is 1.52. The van der Waals surface area contributed by atoms with E-state index in [9.17, 15) is 0 Å². The fourth-order valence-electron chi connectivity index (χ4n) is 1.24. The van der Waals surface area contributed by atoms with Crippen molar-refractivity contribution >= 4 is 16.5 Å². The molecule has 3 N–H and O–H groups in total. The summed E-state index contributed by atoms with van der Waals surface area (Å²) in [5.74, 6) is 0.567. The number of aliphatic hydroxyl groups is 1. The summed E-state index contributed by atoms with van der Waals surface area (Å²) in [4.78, 5) is 0. The molecular weight excluding hydrogens is 154 g/mol. The van der Waals surface area contributed by atoms with E-state index < -0.39 is 0 Å². The zero-order valence-electron chi connectivity index (χ0n) is 6.45. The molecule has 0 fully saturated rings. The van der Waals surface area contributed by atoms with Gasteiger partial charge in [-0.2, -0.15) is 0 Å². The molecule has 0 aliphatic heterocycles. The first-order chi connectivity index (χ1) is 5.81. The maximum atomic E-state index is 8.88. The molecular formula is C9H9NO2. The van der Waals surface area contributed by atoms with E-state index in [1.54, 1.807) is 18.4 Å². The highest BCUT2D eigenvalue weighted by Crippen LogP contribution is 2.23. The van der Waals surface area contributed by atoms with E-state index in [1.165, 1.54) is 0 Å². The van der Waals surface area contributed by atoms with Gasteiger partial charge in [0.1, 0.15) is 12.4 Å². The van der Waals surface area contributed by atoms with E-state index in [1.807, 2.05) is 6.07 Å². The third-order valence-corrected chi connectivity index (χ3v) is 1.85. The molecule has 1 aromatic heterocycles. The Morgan fingerprint density at radius 2 is 2.25 bits per heavy atom. The lowest BCUT2D eigenvalue weighted by atomic mass is 10.2. The van der Waals surface area contributed by atoms with Crippen molar-refractivity contribution in [1.29, 1.82) is 0 Å². The number of nitrogens with two attached hydrogens (primary N) is 1. The zero-order chi connectivity index (χ0) is 8.55. The smallest absolute Gasteiger partial charge is 0.137 e. The van der Waals surface area contributed by atoms with Crippen LogP contribution in [0.25, 0.3) is 10.8 Å². The van der Waals surface area contributed by atoms with Gasteiger partial charge in [-0.3, -0.25) is 0 Å². The second kappa shape index (κ2) is 2.53. The van der Waals surface area contributed by atoms with E-state index in [2.05, 4.69) is 0 Å². The highest BCUT2D eigenvalue weighted by Gasteiger charge is 2.03. The normalized spacial score (nSPS) is 10.8. The maximum Gasteiger partial charge on any atom is 0.137 e. The number of anilines is 1. The van der Waals surface area contributed by atoms with Crippen LogP contribution in [0.1, 0.15) is 5.76 Å². The van der Waals surface area contributed by atoms with Crippen LogP contribution in [0.5, 0.6) is 0 Å². The van der Waals surface area contributed by atoms with Gasteiger partial charge in [-0.15, -0.1) is 0 Å². The lowest BCUT2D eigenvalue weighted by Gasteiger charge is -1.93. The topological polar surface area (TPSA) is 59.4 Å². The number of rotatable bonds is 1. The molecule has 62 valence electrons. The summed E-state index contributed by atoms with van der Waals surface area (Å²) in [5.41, 5.74) is 6.26. The minimum Gasteiger partial charge on any atom is -0.466 e. The molecule has 1 aromatic carbocycles. The van der Waals surface area contributed by atoms with Crippen molar-refractivity contribution < 1.29 is 9.52 Å². The first kappa shape index (κ1) is 7.18. The van der Waals surface area contributed by atoms with Gasteiger partial charge in [0, 0.05) is 16.5 Å². The Bertz CT molecular complexity index is 406. The average Bonchev–Trinajstić information content (AvgIpc) is 2.46. The maximum absolute atomic E-state index is 8.88. The van der Waals surface area contributed by atoms with Crippen molar-refractivity contribution in [2.24, 2.45) is 0 Å². The molecule has 0 aliphatic carbocycles. The number of hydrogen-bond donors (Lipinski definition) is 2. The minimum atomic E-state index is -0.0903. The van der Waals surface area contributed by atoms with Gasteiger partial charge in [0.05, 0.1) is 6.26 Å². The average molecular weight is 163 g/mol. The van der Waals surface area contributed by atoms with Gasteiger partial charge in [0.2, 0.25) is 0 Å². The summed E-state index contributed by atoms with van der Waals surface area (Å²) in [7, 11) is 0. The Hall–Kier alpha value is -1.48. The van der Waals surface area contributed by atoms with Crippen molar-refractivity contribution in [1.82, 2.24) is 0 Å². The predicted octanol–water partition coefficient (Wildman–Crippen LogP) is 1.51. The van der Waals surface area contributed by atoms with Gasteiger partial charge < -0.3 is 15.3 Å². The van der Waals surface area contributed by atoms with Gasteiger partial charge in [-0.25, -0.2) is 0 Å². The van der Waals surface area contributed by atoms with Crippen LogP contribution < -0.4 is 5.73 Å². The molecule has 0 unspecified atom stereocenters. The number of benzene rings is 1. The van der Waals surface area contributed by atoms with Crippen LogP contribution in [0.2, 0.25) is 0 Å². The fraction of sp³-hybridized carbons (Fsp3) is 0.111. The lowest BCUT2D eigenvalue weighted by molar-refractivity contribution is 0.249. The van der Waals surface area contributed by atoms with E-state index in [-0.39, 0.29) is 6.61 Å². The number of furan rings is 1. The van der Waals surface area contributed by atoms with Gasteiger partial charge >= 0.3 is 0 Å². The molecule has 0 bridgehead atoms. The second-order valence-corrected chi connectivity index (χ2v) is 2.66. The van der Waals surface area contributed by atoms with Gasteiger partial charge in [-0.1, -0.05) is 0 Å². The Morgan fingerprint density at radius 3 is 3.00 bits per heavy atom. The van der Waals surface area contributed by atoms with Crippen molar-refractivity contribution in [2.75, 3.05) is 5.73 Å². The molecule has 0 saturated heterocycles. The van der Waals surface area contributed by atoms with Crippen molar-refractivity contribution in [3.05, 3.63) is 30.2 Å². The standard InChI is InChI=1S/C9H9NO2/c10-7-2-1-6-5-12-9(4-11)8(6)3-7/h1-3,5,11H,4,10H2. The van der Waals surface area contributed by atoms with Crippen LogP contribution in [-0.2, 0) is 6.61 Å². The summed E-state index contributed by atoms with van der Waals surface area (Å²) < 4.78 is 5.11. The Balaban J connectivity index is 2.75. The third kappa shape index (κ3) is 0.950. The molecule has 2 aromatic rings. The molecule has 3 nitrogen and oxygen atoms in total. The molecule has 0 atom stereocenters.